The first-order valence-corrected chi connectivity index (χ1v) is 5.59. The molecular formula is C13H12N4O. The first kappa shape index (κ1) is 10.6. The fourth-order valence-corrected chi connectivity index (χ4v) is 1.97. The maximum Gasteiger partial charge on any atom is 0.261 e. The van der Waals surface area contributed by atoms with Crippen LogP contribution in [0.15, 0.2) is 35.1 Å². The fraction of sp³-hybridized carbons (Fsp3) is 0.0769. The van der Waals surface area contributed by atoms with Crippen molar-refractivity contribution >= 4 is 16.7 Å². The van der Waals surface area contributed by atoms with E-state index in [-0.39, 0.29) is 11.4 Å². The Bertz CT molecular complexity index is 768. The second kappa shape index (κ2) is 3.73. The molecule has 90 valence electrons. The summed E-state index contributed by atoms with van der Waals surface area (Å²) in [6.45, 7) is 2.02. The van der Waals surface area contributed by atoms with E-state index in [1.165, 1.54) is 5.56 Å². The van der Waals surface area contributed by atoms with Crippen molar-refractivity contribution in [1.29, 1.82) is 0 Å². The Kier molecular flexibility index (Phi) is 2.19. The number of aryl methyl sites for hydroxylation is 1. The average Bonchev–Trinajstić information content (AvgIpc) is 2.72. The highest BCUT2D eigenvalue weighted by Crippen LogP contribution is 2.20. The van der Waals surface area contributed by atoms with Crippen LogP contribution >= 0.6 is 0 Å². The Balaban J connectivity index is 2.25. The summed E-state index contributed by atoms with van der Waals surface area (Å²) in [6.07, 6.45) is 0. The lowest BCUT2D eigenvalue weighted by Crippen LogP contribution is -2.07. The van der Waals surface area contributed by atoms with Gasteiger partial charge in [0.15, 0.2) is 5.82 Å². The summed E-state index contributed by atoms with van der Waals surface area (Å²) >= 11 is 0. The molecule has 0 aliphatic rings. The third kappa shape index (κ3) is 1.57. The molecule has 0 spiro atoms. The number of nitrogens with zero attached hydrogens (tertiary/aromatic N) is 1. The third-order valence-electron chi connectivity index (χ3n) is 2.95. The summed E-state index contributed by atoms with van der Waals surface area (Å²) in [5, 5.41) is 7.00. The van der Waals surface area contributed by atoms with E-state index in [4.69, 9.17) is 5.73 Å². The van der Waals surface area contributed by atoms with Gasteiger partial charge in [-0.25, -0.2) is 0 Å². The number of nitrogens with one attached hydrogen (secondary N) is 2. The molecule has 0 amide bonds. The Morgan fingerprint density at radius 2 is 1.94 bits per heavy atom. The number of aromatic nitrogens is 3. The molecule has 3 rings (SSSR count). The number of hydrogen-bond donors (Lipinski definition) is 3. The number of anilines is 1. The summed E-state index contributed by atoms with van der Waals surface area (Å²) in [5.41, 5.74) is 8.91. The number of hydrogen-bond acceptors (Lipinski definition) is 3. The van der Waals surface area contributed by atoms with Crippen LogP contribution in [0.2, 0.25) is 0 Å². The molecule has 0 aliphatic heterocycles. The van der Waals surface area contributed by atoms with Crippen molar-refractivity contribution in [1.82, 2.24) is 15.2 Å². The van der Waals surface area contributed by atoms with Crippen LogP contribution in [0, 0.1) is 6.92 Å². The van der Waals surface area contributed by atoms with E-state index >= 15 is 0 Å². The van der Waals surface area contributed by atoms with Crippen molar-refractivity contribution < 1.29 is 0 Å². The number of H-pyrrole nitrogens is 2. The molecule has 0 aliphatic carbocycles. The van der Waals surface area contributed by atoms with Crippen molar-refractivity contribution in [2.75, 3.05) is 5.73 Å². The van der Waals surface area contributed by atoms with Gasteiger partial charge in [-0.15, -0.1) is 0 Å². The van der Waals surface area contributed by atoms with E-state index in [0.29, 0.717) is 10.9 Å². The minimum absolute atomic E-state index is 0.224. The molecule has 18 heavy (non-hydrogen) atoms. The SMILES string of the molecule is Cc1ccc(-c2cc3[nH]nc(N)c3c(=O)[nH]2)cc1. The number of fused-ring (bicyclic) bond motifs is 1. The normalized spacial score (nSPS) is 10.9. The second-order valence-electron chi connectivity index (χ2n) is 4.28. The van der Waals surface area contributed by atoms with Gasteiger partial charge in [-0.1, -0.05) is 29.8 Å². The molecule has 0 fully saturated rings. The van der Waals surface area contributed by atoms with Gasteiger partial charge in [-0.2, -0.15) is 5.10 Å². The zero-order chi connectivity index (χ0) is 12.7. The van der Waals surface area contributed by atoms with E-state index in [0.717, 1.165) is 11.3 Å². The maximum absolute atomic E-state index is 11.9. The maximum atomic E-state index is 11.9. The average molecular weight is 240 g/mol. The molecule has 5 heteroatoms. The van der Waals surface area contributed by atoms with Crippen LogP contribution in [0.1, 0.15) is 5.56 Å². The molecule has 2 heterocycles. The highest BCUT2D eigenvalue weighted by molar-refractivity contribution is 5.89. The Hall–Kier alpha value is -2.56. The van der Waals surface area contributed by atoms with Gasteiger partial charge < -0.3 is 10.7 Å². The standard InChI is InChI=1S/C13H12N4O/c1-7-2-4-8(5-3-7)9-6-10-11(13(18)15-9)12(14)17-16-10/h2-6H,1H3,(H,15,18)(H3,14,16,17). The molecule has 0 saturated heterocycles. The van der Waals surface area contributed by atoms with Crippen molar-refractivity contribution in [3.8, 4) is 11.3 Å². The van der Waals surface area contributed by atoms with Gasteiger partial charge in [0.05, 0.1) is 11.2 Å². The van der Waals surface area contributed by atoms with E-state index in [1.807, 2.05) is 37.3 Å². The van der Waals surface area contributed by atoms with Crippen LogP contribution in [0.4, 0.5) is 5.82 Å². The molecule has 0 atom stereocenters. The largest absolute Gasteiger partial charge is 0.382 e. The van der Waals surface area contributed by atoms with E-state index in [2.05, 4.69) is 15.2 Å². The van der Waals surface area contributed by atoms with Crippen molar-refractivity contribution in [3.63, 3.8) is 0 Å². The molecule has 0 bridgehead atoms. The summed E-state index contributed by atoms with van der Waals surface area (Å²) in [4.78, 5) is 14.7. The van der Waals surface area contributed by atoms with Crippen molar-refractivity contribution in [2.45, 2.75) is 6.92 Å². The topological polar surface area (TPSA) is 87.6 Å². The second-order valence-corrected chi connectivity index (χ2v) is 4.28. The molecule has 0 radical (unpaired) electrons. The number of nitrogens with two attached hydrogens (primary N) is 1. The zero-order valence-corrected chi connectivity index (χ0v) is 9.82. The van der Waals surface area contributed by atoms with Gasteiger partial charge in [-0.3, -0.25) is 9.89 Å². The summed E-state index contributed by atoms with van der Waals surface area (Å²) < 4.78 is 0. The van der Waals surface area contributed by atoms with Gasteiger partial charge in [0.25, 0.3) is 5.56 Å². The summed E-state index contributed by atoms with van der Waals surface area (Å²) in [7, 11) is 0. The molecular weight excluding hydrogens is 228 g/mol. The molecule has 5 nitrogen and oxygen atoms in total. The van der Waals surface area contributed by atoms with E-state index in [1.54, 1.807) is 0 Å². The lowest BCUT2D eigenvalue weighted by molar-refractivity contribution is 1.13. The zero-order valence-electron chi connectivity index (χ0n) is 9.82. The molecule has 2 aromatic heterocycles. The van der Waals surface area contributed by atoms with E-state index < -0.39 is 0 Å². The number of aromatic amines is 2. The molecule has 1 aromatic carbocycles. The van der Waals surface area contributed by atoms with Crippen LogP contribution in [0.3, 0.4) is 0 Å². The lowest BCUT2D eigenvalue weighted by Gasteiger charge is -2.02. The van der Waals surface area contributed by atoms with Gasteiger partial charge in [0.1, 0.15) is 5.39 Å². The Morgan fingerprint density at radius 3 is 2.67 bits per heavy atom. The number of nitrogen functional groups attached to an aromatic ring is 1. The highest BCUT2D eigenvalue weighted by atomic mass is 16.1. The van der Waals surface area contributed by atoms with Crippen LogP contribution in [0.25, 0.3) is 22.2 Å². The molecule has 4 N–H and O–H groups in total. The highest BCUT2D eigenvalue weighted by Gasteiger charge is 2.09. The predicted octanol–water partition coefficient (Wildman–Crippen LogP) is 1.81. The fourth-order valence-electron chi connectivity index (χ4n) is 1.97. The predicted molar refractivity (Wildman–Crippen MR) is 71.3 cm³/mol. The number of rotatable bonds is 1. The summed E-state index contributed by atoms with van der Waals surface area (Å²) in [6, 6.07) is 9.77. The van der Waals surface area contributed by atoms with Crippen LogP contribution in [0.5, 0.6) is 0 Å². The molecule has 3 aromatic rings. The minimum Gasteiger partial charge on any atom is -0.382 e. The van der Waals surface area contributed by atoms with Crippen LogP contribution < -0.4 is 11.3 Å². The lowest BCUT2D eigenvalue weighted by atomic mass is 10.1. The van der Waals surface area contributed by atoms with Crippen LogP contribution in [-0.4, -0.2) is 15.2 Å². The van der Waals surface area contributed by atoms with Gasteiger partial charge in [-0.05, 0) is 18.6 Å². The Morgan fingerprint density at radius 1 is 1.22 bits per heavy atom. The van der Waals surface area contributed by atoms with Crippen LogP contribution in [-0.2, 0) is 0 Å². The Labute approximate surface area is 103 Å². The van der Waals surface area contributed by atoms with Crippen molar-refractivity contribution in [3.05, 3.63) is 46.2 Å². The summed E-state index contributed by atoms with van der Waals surface area (Å²) in [5.74, 6) is 0.224. The van der Waals surface area contributed by atoms with Crippen molar-refractivity contribution in [2.24, 2.45) is 0 Å². The first-order valence-electron chi connectivity index (χ1n) is 5.59. The first-order chi connectivity index (χ1) is 8.65. The quantitative estimate of drug-likeness (QED) is 0.606. The smallest absolute Gasteiger partial charge is 0.261 e. The van der Waals surface area contributed by atoms with Gasteiger partial charge in [0.2, 0.25) is 0 Å². The third-order valence-corrected chi connectivity index (χ3v) is 2.95. The minimum atomic E-state index is -0.227. The van der Waals surface area contributed by atoms with Gasteiger partial charge >= 0.3 is 0 Å². The molecule has 0 unspecified atom stereocenters. The van der Waals surface area contributed by atoms with E-state index in [9.17, 15) is 4.79 Å². The number of pyridine rings is 1. The van der Waals surface area contributed by atoms with Gasteiger partial charge in [0, 0.05) is 0 Å². The molecule has 0 saturated carbocycles. The monoisotopic (exact) mass is 240 g/mol. The number of benzene rings is 1.